The van der Waals surface area contributed by atoms with Gasteiger partial charge in [-0.15, -0.1) is 0 Å². The van der Waals surface area contributed by atoms with Gasteiger partial charge in [0.15, 0.2) is 0 Å². The van der Waals surface area contributed by atoms with Crippen molar-refractivity contribution in [3.63, 3.8) is 0 Å². The van der Waals surface area contributed by atoms with Crippen LogP contribution in [0.2, 0.25) is 0 Å². The van der Waals surface area contributed by atoms with Gasteiger partial charge in [0.1, 0.15) is 5.92 Å². The first-order chi connectivity index (χ1) is 7.93. The minimum Gasteiger partial charge on any atom is -0.370 e. The molecule has 7 heteroatoms. The van der Waals surface area contributed by atoms with E-state index in [9.17, 15) is 19.2 Å². The molecule has 5 amide bonds. The lowest BCUT2D eigenvalue weighted by Gasteiger charge is -2.28. The highest BCUT2D eigenvalue weighted by Crippen LogP contribution is 2.11. The van der Waals surface area contributed by atoms with E-state index in [0.717, 1.165) is 4.90 Å². The molecule has 1 aliphatic heterocycles. The van der Waals surface area contributed by atoms with E-state index in [1.54, 1.807) is 0 Å². The number of barbiturate groups is 1. The molecule has 1 heterocycles. The molecule has 1 aliphatic rings. The van der Waals surface area contributed by atoms with Crippen molar-refractivity contribution in [2.45, 2.75) is 26.2 Å². The molecule has 1 unspecified atom stereocenters. The highest BCUT2D eigenvalue weighted by Gasteiger charge is 2.36. The van der Waals surface area contributed by atoms with Crippen LogP contribution in [0.25, 0.3) is 0 Å². The Morgan fingerprint density at radius 3 is 2.59 bits per heavy atom. The predicted octanol–water partition coefficient (Wildman–Crippen LogP) is -0.643. The van der Waals surface area contributed by atoms with Crippen LogP contribution >= 0.6 is 0 Å². The number of carbonyl (C=O) groups excluding carboxylic acids is 4. The minimum absolute atomic E-state index is 0.190. The van der Waals surface area contributed by atoms with E-state index >= 15 is 0 Å². The van der Waals surface area contributed by atoms with Crippen molar-refractivity contribution in [3.8, 4) is 0 Å². The number of rotatable bonds is 5. The van der Waals surface area contributed by atoms with Gasteiger partial charge in [-0.1, -0.05) is 0 Å². The van der Waals surface area contributed by atoms with Crippen molar-refractivity contribution in [1.82, 2.24) is 10.2 Å². The molecule has 1 fully saturated rings. The summed E-state index contributed by atoms with van der Waals surface area (Å²) in [4.78, 5) is 45.6. The Hall–Kier alpha value is -1.92. The standard InChI is InChI=1S/C10H15N3O4/c1-6-8(15)12-10(17)13(9(6)16)5-3-2-4-7(11)14/h6H,2-5H2,1H3,(H2,11,14)(H,12,15,17). The summed E-state index contributed by atoms with van der Waals surface area (Å²) in [5.74, 6) is -2.34. The molecular weight excluding hydrogens is 226 g/mol. The number of nitrogens with two attached hydrogens (primary N) is 1. The van der Waals surface area contributed by atoms with Crippen LogP contribution in [0.4, 0.5) is 4.79 Å². The van der Waals surface area contributed by atoms with Gasteiger partial charge in [0.2, 0.25) is 17.7 Å². The highest BCUT2D eigenvalue weighted by atomic mass is 16.2. The first-order valence-electron chi connectivity index (χ1n) is 5.38. The Bertz CT molecular complexity index is 367. The molecule has 17 heavy (non-hydrogen) atoms. The first-order valence-corrected chi connectivity index (χ1v) is 5.38. The van der Waals surface area contributed by atoms with E-state index in [1.807, 2.05) is 0 Å². The van der Waals surface area contributed by atoms with E-state index in [0.29, 0.717) is 12.8 Å². The average Bonchev–Trinajstić information content (AvgIpc) is 2.24. The van der Waals surface area contributed by atoms with Gasteiger partial charge in [-0.05, 0) is 19.8 Å². The molecule has 7 nitrogen and oxygen atoms in total. The number of hydrogen-bond donors (Lipinski definition) is 2. The molecule has 1 saturated heterocycles. The maximum absolute atomic E-state index is 11.6. The van der Waals surface area contributed by atoms with Gasteiger partial charge in [0, 0.05) is 13.0 Å². The van der Waals surface area contributed by atoms with Gasteiger partial charge in [0.25, 0.3) is 0 Å². The van der Waals surface area contributed by atoms with E-state index in [2.05, 4.69) is 5.32 Å². The second kappa shape index (κ2) is 5.42. The van der Waals surface area contributed by atoms with E-state index in [4.69, 9.17) is 5.73 Å². The van der Waals surface area contributed by atoms with Crippen molar-refractivity contribution in [2.75, 3.05) is 6.54 Å². The molecule has 94 valence electrons. The van der Waals surface area contributed by atoms with Gasteiger partial charge in [-0.2, -0.15) is 0 Å². The Kier molecular flexibility index (Phi) is 4.19. The summed E-state index contributed by atoms with van der Waals surface area (Å²) >= 11 is 0. The summed E-state index contributed by atoms with van der Waals surface area (Å²) in [7, 11) is 0. The minimum atomic E-state index is -0.844. The molecule has 0 aromatic carbocycles. The number of carbonyl (C=O) groups is 4. The molecule has 0 spiro atoms. The molecule has 0 bridgehead atoms. The number of nitrogens with zero attached hydrogens (tertiary/aromatic N) is 1. The highest BCUT2D eigenvalue weighted by molar-refractivity contribution is 6.15. The van der Waals surface area contributed by atoms with Crippen molar-refractivity contribution in [1.29, 1.82) is 0 Å². The van der Waals surface area contributed by atoms with Crippen LogP contribution < -0.4 is 11.1 Å². The molecule has 0 aliphatic carbocycles. The van der Waals surface area contributed by atoms with Crippen molar-refractivity contribution in [2.24, 2.45) is 11.7 Å². The number of hydrogen-bond acceptors (Lipinski definition) is 4. The zero-order valence-electron chi connectivity index (χ0n) is 9.56. The number of unbranched alkanes of at least 4 members (excludes halogenated alkanes) is 1. The molecule has 0 saturated carbocycles. The van der Waals surface area contributed by atoms with Crippen molar-refractivity contribution >= 4 is 23.8 Å². The predicted molar refractivity (Wildman–Crippen MR) is 57.5 cm³/mol. The first kappa shape index (κ1) is 13.1. The molecule has 1 rings (SSSR count). The second-order valence-electron chi connectivity index (χ2n) is 3.93. The fourth-order valence-electron chi connectivity index (χ4n) is 1.51. The largest absolute Gasteiger partial charge is 0.370 e. The summed E-state index contributed by atoms with van der Waals surface area (Å²) in [6.07, 6.45) is 1.22. The van der Waals surface area contributed by atoms with Crippen LogP contribution in [-0.4, -0.2) is 35.2 Å². The molecule has 3 N–H and O–H groups in total. The summed E-state index contributed by atoms with van der Waals surface area (Å²) in [6.45, 7) is 1.64. The molecule has 0 aromatic heterocycles. The second-order valence-corrected chi connectivity index (χ2v) is 3.93. The fourth-order valence-corrected chi connectivity index (χ4v) is 1.51. The molecule has 1 atom stereocenters. The lowest BCUT2D eigenvalue weighted by molar-refractivity contribution is -0.141. The number of primary amides is 1. The van der Waals surface area contributed by atoms with Crippen LogP contribution in [0.15, 0.2) is 0 Å². The third-order valence-corrected chi connectivity index (χ3v) is 2.56. The summed E-state index contributed by atoms with van der Waals surface area (Å²) in [6, 6.07) is -0.697. The Morgan fingerprint density at radius 1 is 1.35 bits per heavy atom. The Labute approximate surface area is 98.3 Å². The normalized spacial score (nSPS) is 20.4. The lowest BCUT2D eigenvalue weighted by atomic mass is 10.1. The molecular formula is C10H15N3O4. The van der Waals surface area contributed by atoms with Crippen molar-refractivity contribution < 1.29 is 19.2 Å². The van der Waals surface area contributed by atoms with E-state index < -0.39 is 29.7 Å². The molecule has 0 radical (unpaired) electrons. The third-order valence-electron chi connectivity index (χ3n) is 2.56. The zero-order valence-corrected chi connectivity index (χ0v) is 9.56. The Balaban J connectivity index is 2.46. The van der Waals surface area contributed by atoms with Crippen LogP contribution in [0.3, 0.4) is 0 Å². The van der Waals surface area contributed by atoms with Gasteiger partial charge < -0.3 is 5.73 Å². The average molecular weight is 241 g/mol. The smallest absolute Gasteiger partial charge is 0.330 e. The van der Waals surface area contributed by atoms with Gasteiger partial charge in [-0.3, -0.25) is 24.6 Å². The topological polar surface area (TPSA) is 110 Å². The summed E-state index contributed by atoms with van der Waals surface area (Å²) in [5.41, 5.74) is 4.96. The van der Waals surface area contributed by atoms with E-state index in [-0.39, 0.29) is 13.0 Å². The van der Waals surface area contributed by atoms with Crippen LogP contribution in [-0.2, 0) is 14.4 Å². The summed E-state index contributed by atoms with van der Waals surface area (Å²) in [5, 5.41) is 2.09. The quantitative estimate of drug-likeness (QED) is 0.492. The third kappa shape index (κ3) is 3.27. The van der Waals surface area contributed by atoms with Gasteiger partial charge in [-0.25, -0.2) is 4.79 Å². The number of urea groups is 1. The fraction of sp³-hybridized carbons (Fsp3) is 0.600. The maximum Gasteiger partial charge on any atom is 0.330 e. The van der Waals surface area contributed by atoms with Gasteiger partial charge >= 0.3 is 6.03 Å². The van der Waals surface area contributed by atoms with Crippen molar-refractivity contribution in [3.05, 3.63) is 0 Å². The number of nitrogens with one attached hydrogen (secondary N) is 1. The summed E-state index contributed by atoms with van der Waals surface area (Å²) < 4.78 is 0. The zero-order chi connectivity index (χ0) is 13.0. The molecule has 0 aromatic rings. The Morgan fingerprint density at radius 2 is 2.00 bits per heavy atom. The SMILES string of the molecule is CC1C(=O)NC(=O)N(CCCCC(N)=O)C1=O. The van der Waals surface area contributed by atoms with Crippen LogP contribution in [0.1, 0.15) is 26.2 Å². The number of imide groups is 2. The van der Waals surface area contributed by atoms with Crippen LogP contribution in [0.5, 0.6) is 0 Å². The van der Waals surface area contributed by atoms with E-state index in [1.165, 1.54) is 6.92 Å². The van der Waals surface area contributed by atoms with Crippen LogP contribution in [0, 0.1) is 5.92 Å². The number of amides is 5. The maximum atomic E-state index is 11.6. The van der Waals surface area contributed by atoms with Gasteiger partial charge in [0.05, 0.1) is 0 Å². The lowest BCUT2D eigenvalue weighted by Crippen LogP contribution is -2.57. The monoisotopic (exact) mass is 241 g/mol.